The molecule has 1 aromatic carbocycles. The lowest BCUT2D eigenvalue weighted by atomic mass is 10.2. The second-order valence-electron chi connectivity index (χ2n) is 4.83. The van der Waals surface area contributed by atoms with Gasteiger partial charge in [0.1, 0.15) is 0 Å². The largest absolute Gasteiger partial charge is 0.344 e. The number of anilines is 1. The SMILES string of the molecule is CCNC(C)c1csc(N(CC)Cc2ccccc2)n1. The van der Waals surface area contributed by atoms with Crippen LogP contribution in [0, 0.1) is 0 Å². The molecule has 4 heteroatoms. The van der Waals surface area contributed by atoms with Gasteiger partial charge in [0.05, 0.1) is 5.69 Å². The highest BCUT2D eigenvalue weighted by Crippen LogP contribution is 2.25. The molecule has 20 heavy (non-hydrogen) atoms. The molecule has 1 unspecified atom stereocenters. The summed E-state index contributed by atoms with van der Waals surface area (Å²) in [5, 5.41) is 6.68. The summed E-state index contributed by atoms with van der Waals surface area (Å²) < 4.78 is 0. The minimum absolute atomic E-state index is 0.320. The molecule has 0 saturated heterocycles. The van der Waals surface area contributed by atoms with Crippen molar-refractivity contribution in [2.45, 2.75) is 33.4 Å². The van der Waals surface area contributed by atoms with E-state index in [4.69, 9.17) is 4.98 Å². The van der Waals surface area contributed by atoms with Crippen molar-refractivity contribution >= 4 is 16.5 Å². The average molecular weight is 289 g/mol. The number of nitrogens with one attached hydrogen (secondary N) is 1. The van der Waals surface area contributed by atoms with E-state index in [9.17, 15) is 0 Å². The third-order valence-electron chi connectivity index (χ3n) is 3.33. The lowest BCUT2D eigenvalue weighted by molar-refractivity contribution is 0.585. The molecule has 0 aliphatic rings. The monoisotopic (exact) mass is 289 g/mol. The first-order valence-electron chi connectivity index (χ1n) is 7.22. The first-order valence-corrected chi connectivity index (χ1v) is 8.10. The summed E-state index contributed by atoms with van der Waals surface area (Å²) in [7, 11) is 0. The van der Waals surface area contributed by atoms with E-state index in [1.54, 1.807) is 11.3 Å². The molecule has 0 radical (unpaired) electrons. The van der Waals surface area contributed by atoms with Crippen molar-refractivity contribution in [1.82, 2.24) is 10.3 Å². The predicted molar refractivity (Wildman–Crippen MR) is 87.4 cm³/mol. The molecule has 2 aromatic rings. The van der Waals surface area contributed by atoms with E-state index in [0.29, 0.717) is 6.04 Å². The van der Waals surface area contributed by atoms with Crippen LogP contribution in [-0.4, -0.2) is 18.1 Å². The molecule has 1 atom stereocenters. The molecule has 3 nitrogen and oxygen atoms in total. The van der Waals surface area contributed by atoms with Crippen LogP contribution in [0.5, 0.6) is 0 Å². The Hall–Kier alpha value is -1.39. The Morgan fingerprint density at radius 1 is 1.25 bits per heavy atom. The lowest BCUT2D eigenvalue weighted by Gasteiger charge is -2.20. The quantitative estimate of drug-likeness (QED) is 0.839. The first kappa shape index (κ1) is 15.0. The Bertz CT molecular complexity index is 509. The zero-order valence-corrected chi connectivity index (χ0v) is 13.3. The number of hydrogen-bond donors (Lipinski definition) is 1. The van der Waals surface area contributed by atoms with Crippen LogP contribution < -0.4 is 10.2 Å². The van der Waals surface area contributed by atoms with Crippen molar-refractivity contribution in [1.29, 1.82) is 0 Å². The molecule has 0 aliphatic heterocycles. The number of nitrogens with zero attached hydrogens (tertiary/aromatic N) is 2. The molecule has 1 aromatic heterocycles. The summed E-state index contributed by atoms with van der Waals surface area (Å²) in [5.74, 6) is 0. The van der Waals surface area contributed by atoms with Crippen LogP contribution in [0.4, 0.5) is 5.13 Å². The average Bonchev–Trinajstić information content (AvgIpc) is 2.96. The second-order valence-corrected chi connectivity index (χ2v) is 5.67. The van der Waals surface area contributed by atoms with Gasteiger partial charge in [0.25, 0.3) is 0 Å². The predicted octanol–water partition coefficient (Wildman–Crippen LogP) is 3.84. The molecule has 2 rings (SSSR count). The molecular formula is C16H23N3S. The van der Waals surface area contributed by atoms with Crippen molar-refractivity contribution < 1.29 is 0 Å². The Kier molecular flexibility index (Phi) is 5.56. The van der Waals surface area contributed by atoms with Gasteiger partial charge in [0.2, 0.25) is 0 Å². The maximum Gasteiger partial charge on any atom is 0.185 e. The number of benzene rings is 1. The van der Waals surface area contributed by atoms with Crippen molar-refractivity contribution in [3.63, 3.8) is 0 Å². The van der Waals surface area contributed by atoms with E-state index in [0.717, 1.165) is 30.5 Å². The summed E-state index contributed by atoms with van der Waals surface area (Å²) in [6.45, 7) is 9.32. The van der Waals surface area contributed by atoms with Gasteiger partial charge in [-0.05, 0) is 26.0 Å². The highest BCUT2D eigenvalue weighted by atomic mass is 32.1. The zero-order valence-electron chi connectivity index (χ0n) is 12.5. The second kappa shape index (κ2) is 7.41. The van der Waals surface area contributed by atoms with Crippen LogP contribution in [0.2, 0.25) is 0 Å². The summed E-state index contributed by atoms with van der Waals surface area (Å²) in [6.07, 6.45) is 0. The summed E-state index contributed by atoms with van der Waals surface area (Å²) in [4.78, 5) is 7.10. The van der Waals surface area contributed by atoms with Gasteiger partial charge in [-0.2, -0.15) is 0 Å². The summed E-state index contributed by atoms with van der Waals surface area (Å²) >= 11 is 1.73. The molecule has 0 saturated carbocycles. The van der Waals surface area contributed by atoms with Crippen molar-refractivity contribution in [2.75, 3.05) is 18.0 Å². The van der Waals surface area contributed by atoms with E-state index in [2.05, 4.69) is 66.7 Å². The molecule has 0 fully saturated rings. The van der Waals surface area contributed by atoms with Gasteiger partial charge in [0.15, 0.2) is 5.13 Å². The fourth-order valence-electron chi connectivity index (χ4n) is 2.15. The standard InChI is InChI=1S/C16H23N3S/c1-4-17-13(3)15-12-20-16(18-15)19(5-2)11-14-9-7-6-8-10-14/h6-10,12-13,17H,4-5,11H2,1-3H3. The molecule has 0 bridgehead atoms. The molecule has 1 heterocycles. The van der Waals surface area contributed by atoms with Crippen molar-refractivity contribution in [3.8, 4) is 0 Å². The third kappa shape index (κ3) is 3.81. The van der Waals surface area contributed by atoms with Gasteiger partial charge in [-0.15, -0.1) is 11.3 Å². The number of hydrogen-bond acceptors (Lipinski definition) is 4. The van der Waals surface area contributed by atoms with E-state index >= 15 is 0 Å². The zero-order chi connectivity index (χ0) is 14.4. The maximum atomic E-state index is 4.78. The third-order valence-corrected chi connectivity index (χ3v) is 4.25. The topological polar surface area (TPSA) is 28.2 Å². The van der Waals surface area contributed by atoms with E-state index < -0.39 is 0 Å². The van der Waals surface area contributed by atoms with Gasteiger partial charge in [0, 0.05) is 24.5 Å². The first-order chi connectivity index (χ1) is 9.74. The van der Waals surface area contributed by atoms with E-state index in [-0.39, 0.29) is 0 Å². The van der Waals surface area contributed by atoms with E-state index in [1.807, 2.05) is 0 Å². The smallest absolute Gasteiger partial charge is 0.185 e. The normalized spacial score (nSPS) is 12.3. The van der Waals surface area contributed by atoms with Crippen molar-refractivity contribution in [2.24, 2.45) is 0 Å². The van der Waals surface area contributed by atoms with Gasteiger partial charge in [-0.1, -0.05) is 37.3 Å². The number of aromatic nitrogens is 1. The molecular weight excluding hydrogens is 266 g/mol. The number of thiazole rings is 1. The van der Waals surface area contributed by atoms with Crippen LogP contribution >= 0.6 is 11.3 Å². The van der Waals surface area contributed by atoms with Crippen LogP contribution in [0.15, 0.2) is 35.7 Å². The van der Waals surface area contributed by atoms with Gasteiger partial charge in [-0.25, -0.2) is 4.98 Å². The highest BCUT2D eigenvalue weighted by Gasteiger charge is 2.13. The molecule has 0 spiro atoms. The molecule has 1 N–H and O–H groups in total. The van der Waals surface area contributed by atoms with E-state index in [1.165, 1.54) is 5.56 Å². The van der Waals surface area contributed by atoms with Crippen LogP contribution in [-0.2, 0) is 6.54 Å². The summed E-state index contributed by atoms with van der Waals surface area (Å²) in [5.41, 5.74) is 2.46. The van der Waals surface area contributed by atoms with Gasteiger partial charge < -0.3 is 10.2 Å². The number of rotatable bonds is 7. The Morgan fingerprint density at radius 3 is 2.65 bits per heavy atom. The lowest BCUT2D eigenvalue weighted by Crippen LogP contribution is -2.22. The molecule has 108 valence electrons. The van der Waals surface area contributed by atoms with Crippen LogP contribution in [0.3, 0.4) is 0 Å². The fourth-order valence-corrected chi connectivity index (χ4v) is 3.13. The van der Waals surface area contributed by atoms with Crippen molar-refractivity contribution in [3.05, 3.63) is 47.0 Å². The fraction of sp³-hybridized carbons (Fsp3) is 0.438. The minimum atomic E-state index is 0.320. The Labute approximate surface area is 125 Å². The Balaban J connectivity index is 2.08. The molecule has 0 amide bonds. The highest BCUT2D eigenvalue weighted by molar-refractivity contribution is 7.13. The summed E-state index contributed by atoms with van der Waals surface area (Å²) in [6, 6.07) is 10.9. The Morgan fingerprint density at radius 2 is 2.00 bits per heavy atom. The van der Waals surface area contributed by atoms with Crippen LogP contribution in [0.25, 0.3) is 0 Å². The minimum Gasteiger partial charge on any atom is -0.344 e. The maximum absolute atomic E-state index is 4.78. The van der Waals surface area contributed by atoms with Crippen LogP contribution in [0.1, 0.15) is 38.1 Å². The van der Waals surface area contributed by atoms with Gasteiger partial charge >= 0.3 is 0 Å². The molecule has 0 aliphatic carbocycles. The van der Waals surface area contributed by atoms with Gasteiger partial charge in [-0.3, -0.25) is 0 Å².